The average molecular weight is 465 g/mol. The van der Waals surface area contributed by atoms with E-state index in [-0.39, 0.29) is 18.4 Å². The Bertz CT molecular complexity index is 1360. The molecular weight excluding hydrogens is 443 g/mol. The first-order valence-corrected chi connectivity index (χ1v) is 10.5. The second-order valence-electron chi connectivity index (χ2n) is 8.11. The Morgan fingerprint density at radius 3 is 2.32 bits per heavy atom. The molecule has 4 aromatic rings. The van der Waals surface area contributed by atoms with Crippen LogP contribution in [0.15, 0.2) is 72.8 Å². The maximum atomic E-state index is 12.9. The lowest BCUT2D eigenvalue weighted by molar-refractivity contribution is -0.137. The molecule has 0 saturated carbocycles. The minimum absolute atomic E-state index is 0.0180. The van der Waals surface area contributed by atoms with Crippen molar-refractivity contribution in [1.82, 2.24) is 15.2 Å². The number of H-pyrrole nitrogens is 1. The summed E-state index contributed by atoms with van der Waals surface area (Å²) in [5, 5.41) is 3.54. The van der Waals surface area contributed by atoms with Gasteiger partial charge in [0.15, 0.2) is 0 Å². The lowest BCUT2D eigenvalue weighted by Gasteiger charge is -2.10. The third-order valence-electron chi connectivity index (χ3n) is 5.47. The average Bonchev–Trinajstić information content (AvgIpc) is 3.26. The Kier molecular flexibility index (Phi) is 6.15. The summed E-state index contributed by atoms with van der Waals surface area (Å²) in [5.74, 6) is -0.516. The van der Waals surface area contributed by atoms with E-state index in [1.165, 1.54) is 17.0 Å². The zero-order valence-corrected chi connectivity index (χ0v) is 18.5. The van der Waals surface area contributed by atoms with Crippen molar-refractivity contribution in [2.75, 3.05) is 14.1 Å². The third-order valence-corrected chi connectivity index (χ3v) is 5.47. The number of hydrogen-bond donors (Lipinski definition) is 2. The van der Waals surface area contributed by atoms with E-state index in [2.05, 4.69) is 10.3 Å². The first-order chi connectivity index (χ1) is 16.1. The standard InChI is InChI=1S/C26H22F3N3O2/c1-32(2)25(34)23-14-21-20(7-4-8-22(21)31-23)17-9-11-18(12-10-17)24(33)30-15-16-5-3-6-19(13-16)26(27,28)29/h3-14,31H,15H2,1-2H3,(H,30,33). The summed E-state index contributed by atoms with van der Waals surface area (Å²) < 4.78 is 38.6. The number of nitrogens with zero attached hydrogens (tertiary/aromatic N) is 1. The summed E-state index contributed by atoms with van der Waals surface area (Å²) in [6, 6.07) is 19.3. The molecular formula is C26H22F3N3O2. The van der Waals surface area contributed by atoms with E-state index in [4.69, 9.17) is 0 Å². The normalized spacial score (nSPS) is 11.4. The summed E-state index contributed by atoms with van der Waals surface area (Å²) in [4.78, 5) is 29.5. The Morgan fingerprint density at radius 1 is 0.941 bits per heavy atom. The number of hydrogen-bond acceptors (Lipinski definition) is 2. The SMILES string of the molecule is CN(C)C(=O)c1cc2c(-c3ccc(C(=O)NCc4cccc(C(F)(F)F)c4)cc3)cccc2[nH]1. The first kappa shape index (κ1) is 23.1. The van der Waals surface area contributed by atoms with Crippen molar-refractivity contribution >= 4 is 22.7 Å². The second kappa shape index (κ2) is 9.05. The number of benzene rings is 3. The zero-order valence-electron chi connectivity index (χ0n) is 18.5. The Hall–Kier alpha value is -4.07. The Labute approximate surface area is 194 Å². The molecule has 174 valence electrons. The fourth-order valence-corrected chi connectivity index (χ4v) is 3.71. The van der Waals surface area contributed by atoms with E-state index in [1.54, 1.807) is 38.4 Å². The molecule has 0 aliphatic carbocycles. The van der Waals surface area contributed by atoms with Gasteiger partial charge >= 0.3 is 6.18 Å². The molecule has 0 atom stereocenters. The summed E-state index contributed by atoms with van der Waals surface area (Å²) in [5.41, 5.74) is 3.08. The van der Waals surface area contributed by atoms with Gasteiger partial charge in [0.05, 0.1) is 5.56 Å². The highest BCUT2D eigenvalue weighted by atomic mass is 19.4. The fraction of sp³-hybridized carbons (Fsp3) is 0.154. The maximum absolute atomic E-state index is 12.9. The topological polar surface area (TPSA) is 65.2 Å². The fourth-order valence-electron chi connectivity index (χ4n) is 3.71. The van der Waals surface area contributed by atoms with Crippen molar-refractivity contribution in [3.63, 3.8) is 0 Å². The number of aromatic nitrogens is 1. The highest BCUT2D eigenvalue weighted by Gasteiger charge is 2.30. The molecule has 34 heavy (non-hydrogen) atoms. The Balaban J connectivity index is 1.51. The summed E-state index contributed by atoms with van der Waals surface area (Å²) in [7, 11) is 3.37. The Morgan fingerprint density at radius 2 is 1.65 bits per heavy atom. The number of halogens is 3. The molecule has 5 nitrogen and oxygen atoms in total. The molecule has 0 radical (unpaired) electrons. The van der Waals surface area contributed by atoms with Crippen molar-refractivity contribution in [2.45, 2.75) is 12.7 Å². The predicted octanol–water partition coefficient (Wildman–Crippen LogP) is 5.49. The van der Waals surface area contributed by atoms with Gasteiger partial charge in [0, 0.05) is 37.1 Å². The van der Waals surface area contributed by atoms with Crippen molar-refractivity contribution in [1.29, 1.82) is 0 Å². The largest absolute Gasteiger partial charge is 0.416 e. The number of rotatable bonds is 5. The molecule has 0 aliphatic heterocycles. The van der Waals surface area contributed by atoms with Crippen molar-refractivity contribution in [2.24, 2.45) is 0 Å². The summed E-state index contributed by atoms with van der Waals surface area (Å²) >= 11 is 0. The van der Waals surface area contributed by atoms with Gasteiger partial charge in [-0.25, -0.2) is 0 Å². The van der Waals surface area contributed by atoms with E-state index in [0.717, 1.165) is 34.2 Å². The number of carbonyl (C=O) groups excluding carboxylic acids is 2. The van der Waals surface area contributed by atoms with Crippen LogP contribution in [-0.2, 0) is 12.7 Å². The van der Waals surface area contributed by atoms with Crippen LogP contribution in [0.2, 0.25) is 0 Å². The van der Waals surface area contributed by atoms with Crippen molar-refractivity contribution < 1.29 is 22.8 Å². The van der Waals surface area contributed by atoms with Crippen molar-refractivity contribution in [3.8, 4) is 11.1 Å². The van der Waals surface area contributed by atoms with Gasteiger partial charge in [-0.2, -0.15) is 13.2 Å². The van der Waals surface area contributed by atoms with Gasteiger partial charge in [-0.3, -0.25) is 9.59 Å². The van der Waals surface area contributed by atoms with Gasteiger partial charge in [-0.15, -0.1) is 0 Å². The van der Waals surface area contributed by atoms with Crippen LogP contribution in [0.25, 0.3) is 22.0 Å². The molecule has 3 aromatic carbocycles. The molecule has 1 aromatic heterocycles. The molecule has 2 amide bonds. The molecule has 0 bridgehead atoms. The number of carbonyl (C=O) groups is 2. The van der Waals surface area contributed by atoms with E-state index in [9.17, 15) is 22.8 Å². The van der Waals surface area contributed by atoms with E-state index in [0.29, 0.717) is 16.8 Å². The van der Waals surface area contributed by atoms with Gasteiger partial charge in [-0.1, -0.05) is 36.4 Å². The molecule has 0 aliphatic rings. The molecule has 8 heteroatoms. The maximum Gasteiger partial charge on any atom is 0.416 e. The monoisotopic (exact) mass is 465 g/mol. The van der Waals surface area contributed by atoms with Crippen LogP contribution < -0.4 is 5.32 Å². The van der Waals surface area contributed by atoms with E-state index in [1.807, 2.05) is 24.3 Å². The number of aromatic amines is 1. The quantitative estimate of drug-likeness (QED) is 0.410. The molecule has 0 saturated heterocycles. The number of fused-ring (bicyclic) bond motifs is 1. The zero-order chi connectivity index (χ0) is 24.5. The number of nitrogens with one attached hydrogen (secondary N) is 2. The van der Waals surface area contributed by atoms with Crippen LogP contribution in [-0.4, -0.2) is 35.8 Å². The number of amides is 2. The molecule has 4 rings (SSSR count). The van der Waals surface area contributed by atoms with Gasteiger partial charge < -0.3 is 15.2 Å². The molecule has 0 spiro atoms. The summed E-state index contributed by atoms with van der Waals surface area (Å²) in [6.45, 7) is -0.0180. The van der Waals surface area contributed by atoms with Crippen LogP contribution in [0, 0.1) is 0 Å². The van der Waals surface area contributed by atoms with E-state index >= 15 is 0 Å². The van der Waals surface area contributed by atoms with Crippen LogP contribution in [0.1, 0.15) is 32.0 Å². The lowest BCUT2D eigenvalue weighted by atomic mass is 10.00. The van der Waals surface area contributed by atoms with Crippen LogP contribution >= 0.6 is 0 Å². The minimum atomic E-state index is -4.43. The predicted molar refractivity (Wildman–Crippen MR) is 124 cm³/mol. The lowest BCUT2D eigenvalue weighted by Crippen LogP contribution is -2.23. The first-order valence-electron chi connectivity index (χ1n) is 10.5. The highest BCUT2D eigenvalue weighted by molar-refractivity contribution is 6.03. The van der Waals surface area contributed by atoms with Crippen LogP contribution in [0.5, 0.6) is 0 Å². The highest BCUT2D eigenvalue weighted by Crippen LogP contribution is 2.31. The molecule has 0 unspecified atom stereocenters. The molecule has 2 N–H and O–H groups in total. The van der Waals surface area contributed by atoms with Crippen molar-refractivity contribution in [3.05, 3.63) is 95.2 Å². The number of alkyl halides is 3. The van der Waals surface area contributed by atoms with Crippen LogP contribution in [0.3, 0.4) is 0 Å². The third kappa shape index (κ3) is 4.80. The van der Waals surface area contributed by atoms with Gasteiger partial charge in [0.1, 0.15) is 5.69 Å². The minimum Gasteiger partial charge on any atom is -0.351 e. The van der Waals surface area contributed by atoms with Gasteiger partial charge in [0.2, 0.25) is 0 Å². The van der Waals surface area contributed by atoms with Gasteiger partial charge in [-0.05, 0) is 53.1 Å². The summed E-state index contributed by atoms with van der Waals surface area (Å²) in [6.07, 6.45) is -4.43. The second-order valence-corrected chi connectivity index (χ2v) is 8.11. The van der Waals surface area contributed by atoms with E-state index < -0.39 is 11.7 Å². The van der Waals surface area contributed by atoms with Crippen LogP contribution in [0.4, 0.5) is 13.2 Å². The van der Waals surface area contributed by atoms with Gasteiger partial charge in [0.25, 0.3) is 11.8 Å². The smallest absolute Gasteiger partial charge is 0.351 e. The molecule has 1 heterocycles. The molecule has 0 fully saturated rings.